The van der Waals surface area contributed by atoms with E-state index < -0.39 is 59.9 Å². The molecule has 2 rings (SSSR count). The summed E-state index contributed by atoms with van der Waals surface area (Å²) in [6, 6.07) is 0. The number of amides is 2. The molecule has 0 aromatic rings. The van der Waals surface area contributed by atoms with E-state index >= 15 is 0 Å². The number of rotatable bonds is 10. The Morgan fingerprint density at radius 2 is 1.82 bits per heavy atom. The summed E-state index contributed by atoms with van der Waals surface area (Å²) >= 11 is 0. The number of primary amides is 1. The summed E-state index contributed by atoms with van der Waals surface area (Å²) in [5.74, 6) is -2.68. The minimum absolute atomic E-state index is 0.134. The quantitative estimate of drug-likeness (QED) is 0.175. The maximum atomic E-state index is 13.8. The minimum atomic E-state index is -1.02. The number of allylic oxidation sites excluding steroid dienone is 4. The van der Waals surface area contributed by atoms with E-state index in [-0.39, 0.29) is 47.8 Å². The number of fused-ring (bicyclic) bond motifs is 2. The molecule has 2 amide bonds. The van der Waals surface area contributed by atoms with Crippen LogP contribution in [0.3, 0.4) is 0 Å². The van der Waals surface area contributed by atoms with Gasteiger partial charge in [-0.05, 0) is 52.3 Å². The number of nitrogens with two attached hydrogens (primary N) is 1. The molecule has 0 fully saturated rings. The monoisotopic (exact) mass is 684 g/mol. The van der Waals surface area contributed by atoms with Crippen molar-refractivity contribution in [3.05, 3.63) is 71.1 Å². The molecule has 4 N–H and O–H groups in total. The van der Waals surface area contributed by atoms with Crippen molar-refractivity contribution in [1.82, 2.24) is 15.5 Å². The van der Waals surface area contributed by atoms with Gasteiger partial charge in [0.15, 0.2) is 6.10 Å². The van der Waals surface area contributed by atoms with Crippen LogP contribution in [0.1, 0.15) is 47.0 Å². The fourth-order valence-electron chi connectivity index (χ4n) is 5.65. The van der Waals surface area contributed by atoms with Gasteiger partial charge in [-0.15, -0.1) is 6.58 Å². The van der Waals surface area contributed by atoms with Crippen LogP contribution in [0.15, 0.2) is 71.1 Å². The van der Waals surface area contributed by atoms with Crippen molar-refractivity contribution in [1.29, 1.82) is 0 Å². The number of ether oxygens (including phenoxy) is 4. The second-order valence-electron chi connectivity index (χ2n) is 12.6. The Bertz CT molecular complexity index is 1410. The van der Waals surface area contributed by atoms with Crippen molar-refractivity contribution in [2.24, 2.45) is 17.6 Å². The fourth-order valence-corrected chi connectivity index (χ4v) is 5.65. The molecular formula is C36H52N4O9. The molecule has 1 aliphatic carbocycles. The number of hydrogen-bond donors (Lipinski definition) is 3. The maximum Gasteiger partial charge on any atom is 0.405 e. The van der Waals surface area contributed by atoms with Gasteiger partial charge in [0.2, 0.25) is 11.6 Å². The number of nitrogens with zero attached hydrogens (tertiary/aromatic N) is 1. The molecule has 270 valence electrons. The van der Waals surface area contributed by atoms with Crippen molar-refractivity contribution in [3.8, 4) is 0 Å². The standard InChI is InChI=1S/C36H52N4O9/c1-10-15-38-31-25-17-21(2)18-29(47-9)34(48-30(42)14-16-40(6)7)24(5)19-23(4)33(49-36(37)45)28(46-8)13-11-12-22(3)35(44)39-26(32(25)43)20-27(31)41/h10-13,19-21,24,28-29,33-34,38H,1,14-18H2,2-9H3,(H2,37,45)(H,39,44)/t21-,24-,28-,29-,33-,34-/m1/s1. The third-order valence-electron chi connectivity index (χ3n) is 8.21. The average molecular weight is 685 g/mol. The number of esters is 1. The molecule has 49 heavy (non-hydrogen) atoms. The van der Waals surface area contributed by atoms with Crippen LogP contribution in [0.2, 0.25) is 0 Å². The normalized spacial score (nSPS) is 26.0. The van der Waals surface area contributed by atoms with Crippen molar-refractivity contribution < 1.29 is 42.9 Å². The van der Waals surface area contributed by atoms with Gasteiger partial charge in [0.25, 0.3) is 5.91 Å². The lowest BCUT2D eigenvalue weighted by molar-refractivity contribution is -0.160. The number of carbonyl (C=O) groups is 5. The van der Waals surface area contributed by atoms with Crippen molar-refractivity contribution in [2.45, 2.75) is 71.4 Å². The van der Waals surface area contributed by atoms with E-state index in [0.29, 0.717) is 18.5 Å². The van der Waals surface area contributed by atoms with E-state index in [2.05, 4.69) is 17.2 Å². The van der Waals surface area contributed by atoms with Gasteiger partial charge in [-0.2, -0.15) is 0 Å². The third kappa shape index (κ3) is 12.3. The average Bonchev–Trinajstić information content (AvgIpc) is 3.03. The summed E-state index contributed by atoms with van der Waals surface area (Å²) in [4.78, 5) is 67.1. The molecule has 1 aliphatic heterocycles. The van der Waals surface area contributed by atoms with E-state index in [4.69, 9.17) is 24.7 Å². The number of methoxy groups -OCH3 is 2. The van der Waals surface area contributed by atoms with Gasteiger partial charge < -0.3 is 40.2 Å². The Labute approximate surface area is 289 Å². The highest BCUT2D eigenvalue weighted by molar-refractivity contribution is 6.23. The molecule has 0 spiro atoms. The van der Waals surface area contributed by atoms with Crippen LogP contribution in [-0.4, -0.2) is 100 Å². The lowest BCUT2D eigenvalue weighted by Gasteiger charge is -2.33. The van der Waals surface area contributed by atoms with Crippen molar-refractivity contribution >= 4 is 29.5 Å². The van der Waals surface area contributed by atoms with Crippen LogP contribution >= 0.6 is 0 Å². The van der Waals surface area contributed by atoms with Crippen LogP contribution in [0.25, 0.3) is 0 Å². The minimum Gasteiger partial charge on any atom is -0.459 e. The summed E-state index contributed by atoms with van der Waals surface area (Å²) in [6.45, 7) is 11.5. The van der Waals surface area contributed by atoms with Gasteiger partial charge >= 0.3 is 12.1 Å². The largest absolute Gasteiger partial charge is 0.459 e. The molecule has 0 saturated heterocycles. The maximum absolute atomic E-state index is 13.8. The molecule has 13 nitrogen and oxygen atoms in total. The van der Waals surface area contributed by atoms with E-state index in [1.807, 2.05) is 38.9 Å². The number of Topliss-reactive ketones (excluding diaryl/α,β-unsaturated/α-hetero) is 1. The molecular weight excluding hydrogens is 632 g/mol. The molecule has 13 heteroatoms. The Kier molecular flexibility index (Phi) is 16.3. The first-order valence-electron chi connectivity index (χ1n) is 16.2. The van der Waals surface area contributed by atoms with Crippen LogP contribution in [-0.2, 0) is 38.1 Å². The first-order chi connectivity index (χ1) is 23.1. The predicted octanol–water partition coefficient (Wildman–Crippen LogP) is 3.04. The molecule has 0 unspecified atom stereocenters. The summed E-state index contributed by atoms with van der Waals surface area (Å²) < 4.78 is 23.1. The van der Waals surface area contributed by atoms with Crippen LogP contribution in [0, 0.1) is 11.8 Å². The molecule has 2 aliphatic rings. The summed E-state index contributed by atoms with van der Waals surface area (Å²) in [5, 5.41) is 5.57. The van der Waals surface area contributed by atoms with Crippen LogP contribution in [0.4, 0.5) is 4.79 Å². The topological polar surface area (TPSA) is 176 Å². The third-order valence-corrected chi connectivity index (χ3v) is 8.21. The Balaban J connectivity index is 2.73. The molecule has 0 aromatic carbocycles. The highest BCUT2D eigenvalue weighted by atomic mass is 16.6. The second kappa shape index (κ2) is 19.6. The number of hydrogen-bond acceptors (Lipinski definition) is 11. The first kappa shape index (κ1) is 40.8. The molecule has 6 atom stereocenters. The number of ketones is 2. The second-order valence-corrected chi connectivity index (χ2v) is 12.6. The summed E-state index contributed by atoms with van der Waals surface area (Å²) in [7, 11) is 6.65. The summed E-state index contributed by atoms with van der Waals surface area (Å²) in [5.41, 5.74) is 6.44. The molecule has 0 aromatic heterocycles. The highest BCUT2D eigenvalue weighted by Gasteiger charge is 2.35. The number of nitrogens with one attached hydrogen (secondary N) is 2. The molecule has 0 radical (unpaired) electrons. The van der Waals surface area contributed by atoms with E-state index in [1.165, 1.54) is 20.3 Å². The van der Waals surface area contributed by atoms with Gasteiger partial charge in [0, 0.05) is 50.4 Å². The zero-order valence-electron chi connectivity index (χ0n) is 29.9. The van der Waals surface area contributed by atoms with Gasteiger partial charge in [-0.25, -0.2) is 4.79 Å². The molecule has 2 bridgehead atoms. The zero-order valence-corrected chi connectivity index (χ0v) is 29.9. The van der Waals surface area contributed by atoms with Gasteiger partial charge in [-0.3, -0.25) is 19.2 Å². The molecule has 0 saturated carbocycles. The Morgan fingerprint density at radius 3 is 2.41 bits per heavy atom. The molecule has 1 heterocycles. The van der Waals surface area contributed by atoms with E-state index in [9.17, 15) is 24.0 Å². The van der Waals surface area contributed by atoms with Crippen molar-refractivity contribution in [3.63, 3.8) is 0 Å². The smallest absolute Gasteiger partial charge is 0.405 e. The Hall–Kier alpha value is -4.33. The van der Waals surface area contributed by atoms with Gasteiger partial charge in [0.1, 0.15) is 12.2 Å². The van der Waals surface area contributed by atoms with Crippen LogP contribution in [0.5, 0.6) is 0 Å². The highest BCUT2D eigenvalue weighted by Crippen LogP contribution is 2.30. The van der Waals surface area contributed by atoms with Crippen LogP contribution < -0.4 is 16.4 Å². The van der Waals surface area contributed by atoms with Crippen molar-refractivity contribution in [2.75, 3.05) is 41.4 Å². The predicted molar refractivity (Wildman–Crippen MR) is 185 cm³/mol. The SMILES string of the molecule is C=CCNC1=C2C[C@@H](C)C[C@@H](OC)[C@H](OC(=O)CCN(C)C)[C@H](C)C=C(C)[C@@H](OC(N)=O)[C@H](OC)C=CC=C(C)C(=O)NC(=CC1=O)C2=O. The van der Waals surface area contributed by atoms with E-state index in [0.717, 1.165) is 6.08 Å². The lowest BCUT2D eigenvalue weighted by Crippen LogP contribution is -2.40. The first-order valence-corrected chi connectivity index (χ1v) is 16.2. The van der Waals surface area contributed by atoms with Gasteiger partial charge in [0.05, 0.1) is 23.9 Å². The van der Waals surface area contributed by atoms with Gasteiger partial charge in [-0.1, -0.05) is 44.2 Å². The number of carbonyl (C=O) groups excluding carboxylic acids is 5. The Morgan fingerprint density at radius 1 is 1.12 bits per heavy atom. The zero-order chi connectivity index (χ0) is 36.8. The lowest BCUT2D eigenvalue weighted by atomic mass is 9.85. The fraction of sp³-hybridized carbons (Fsp3) is 0.528. The van der Waals surface area contributed by atoms with E-state index in [1.54, 1.807) is 32.1 Å². The summed E-state index contributed by atoms with van der Waals surface area (Å²) in [6.07, 6.45) is 5.52.